The van der Waals surface area contributed by atoms with Crippen LogP contribution in [0.3, 0.4) is 0 Å². The van der Waals surface area contributed by atoms with Crippen LogP contribution in [0.1, 0.15) is 11.1 Å². The van der Waals surface area contributed by atoms with E-state index < -0.39 is 17.5 Å². The molecule has 0 N–H and O–H groups in total. The number of halogens is 3. The lowest BCUT2D eigenvalue weighted by Gasteiger charge is -2.07. The van der Waals surface area contributed by atoms with Crippen molar-refractivity contribution in [2.75, 3.05) is 0 Å². The maximum atomic E-state index is 13.5. The summed E-state index contributed by atoms with van der Waals surface area (Å²) in [6, 6.07) is 8.86. The largest absolute Gasteiger partial charge is 0.486 e. The molecule has 0 saturated heterocycles. The van der Waals surface area contributed by atoms with Gasteiger partial charge in [0.05, 0.1) is 11.6 Å². The molecule has 0 atom stereocenters. The molecule has 0 fully saturated rings. The average Bonchev–Trinajstić information content (AvgIpc) is 2.41. The lowest BCUT2D eigenvalue weighted by Crippen LogP contribution is -1.99. The second-order valence-corrected chi connectivity index (χ2v) is 3.79. The Labute approximate surface area is 107 Å². The maximum Gasteiger partial charge on any atom is 0.166 e. The molecule has 2 aromatic rings. The Morgan fingerprint density at radius 1 is 0.947 bits per heavy atom. The van der Waals surface area contributed by atoms with Gasteiger partial charge in [0.2, 0.25) is 0 Å². The molecule has 19 heavy (non-hydrogen) atoms. The van der Waals surface area contributed by atoms with Crippen LogP contribution in [0.15, 0.2) is 36.4 Å². The van der Waals surface area contributed by atoms with Crippen LogP contribution in [0.5, 0.6) is 5.75 Å². The Morgan fingerprint density at radius 2 is 1.74 bits per heavy atom. The number of nitrogens with zero attached hydrogens (tertiary/aromatic N) is 1. The van der Waals surface area contributed by atoms with Gasteiger partial charge in [-0.1, -0.05) is 6.07 Å². The van der Waals surface area contributed by atoms with Crippen LogP contribution in [0.2, 0.25) is 0 Å². The van der Waals surface area contributed by atoms with E-state index in [9.17, 15) is 13.2 Å². The van der Waals surface area contributed by atoms with Crippen molar-refractivity contribution in [1.82, 2.24) is 0 Å². The van der Waals surface area contributed by atoms with Gasteiger partial charge in [-0.3, -0.25) is 0 Å². The normalized spacial score (nSPS) is 10.0. The Balaban J connectivity index is 2.10. The predicted octanol–water partition coefficient (Wildman–Crippen LogP) is 3.55. The highest BCUT2D eigenvalue weighted by Gasteiger charge is 2.07. The lowest BCUT2D eigenvalue weighted by atomic mass is 10.2. The molecule has 0 aliphatic carbocycles. The number of nitriles is 1. The third kappa shape index (κ3) is 3.05. The van der Waals surface area contributed by atoms with Crippen molar-refractivity contribution in [1.29, 1.82) is 5.26 Å². The van der Waals surface area contributed by atoms with E-state index in [1.165, 1.54) is 18.2 Å². The summed E-state index contributed by atoms with van der Waals surface area (Å²) < 4.78 is 44.3. The van der Waals surface area contributed by atoms with Crippen molar-refractivity contribution >= 4 is 0 Å². The smallest absolute Gasteiger partial charge is 0.166 e. The predicted molar refractivity (Wildman–Crippen MR) is 61.8 cm³/mol. The number of hydrogen-bond donors (Lipinski definition) is 0. The number of rotatable bonds is 3. The van der Waals surface area contributed by atoms with Crippen LogP contribution in [-0.2, 0) is 6.61 Å². The lowest BCUT2D eigenvalue weighted by molar-refractivity contribution is 0.289. The molecule has 0 unspecified atom stereocenters. The van der Waals surface area contributed by atoms with Gasteiger partial charge in [0.1, 0.15) is 6.61 Å². The summed E-state index contributed by atoms with van der Waals surface area (Å²) in [7, 11) is 0. The molecule has 0 saturated carbocycles. The zero-order valence-corrected chi connectivity index (χ0v) is 9.66. The molecule has 5 heteroatoms. The summed E-state index contributed by atoms with van der Waals surface area (Å²) in [5.41, 5.74) is 0.556. The summed E-state index contributed by atoms with van der Waals surface area (Å²) in [6.45, 7) is -0.0972. The van der Waals surface area contributed by atoms with Gasteiger partial charge >= 0.3 is 0 Å². The summed E-state index contributed by atoms with van der Waals surface area (Å²) in [5.74, 6) is -2.67. The van der Waals surface area contributed by atoms with E-state index in [0.717, 1.165) is 18.2 Å². The minimum atomic E-state index is -0.985. The fourth-order valence-corrected chi connectivity index (χ4v) is 1.48. The average molecular weight is 263 g/mol. The SMILES string of the molecule is N#Cc1ccc(OCc2ccc(F)c(F)c2)c(F)c1. The molecular formula is C14H8F3NO. The van der Waals surface area contributed by atoms with E-state index in [2.05, 4.69) is 0 Å². The van der Waals surface area contributed by atoms with Gasteiger partial charge < -0.3 is 4.74 Å². The van der Waals surface area contributed by atoms with E-state index in [1.54, 1.807) is 6.07 Å². The van der Waals surface area contributed by atoms with Crippen molar-refractivity contribution in [3.63, 3.8) is 0 Å². The molecule has 2 aromatic carbocycles. The van der Waals surface area contributed by atoms with E-state index in [0.29, 0.717) is 5.56 Å². The molecule has 0 spiro atoms. The first-order chi connectivity index (χ1) is 9.10. The quantitative estimate of drug-likeness (QED) is 0.848. The first-order valence-corrected chi connectivity index (χ1v) is 5.36. The first kappa shape index (κ1) is 13.0. The molecule has 2 nitrogen and oxygen atoms in total. The Hall–Kier alpha value is -2.48. The van der Waals surface area contributed by atoms with Crippen LogP contribution in [0.4, 0.5) is 13.2 Å². The topological polar surface area (TPSA) is 33.0 Å². The molecule has 2 rings (SSSR count). The molecule has 0 heterocycles. The third-order valence-corrected chi connectivity index (χ3v) is 2.44. The number of hydrogen-bond acceptors (Lipinski definition) is 2. The standard InChI is InChI=1S/C14H8F3NO/c15-11-3-1-10(6-12(11)16)8-19-14-4-2-9(7-18)5-13(14)17/h1-6H,8H2. The highest BCUT2D eigenvalue weighted by molar-refractivity contribution is 5.36. The molecule has 0 aliphatic rings. The van der Waals surface area contributed by atoms with Crippen molar-refractivity contribution in [2.45, 2.75) is 6.61 Å². The van der Waals surface area contributed by atoms with E-state index in [-0.39, 0.29) is 17.9 Å². The highest BCUT2D eigenvalue weighted by Crippen LogP contribution is 2.19. The van der Waals surface area contributed by atoms with E-state index in [1.807, 2.05) is 0 Å². The molecule has 96 valence electrons. The Morgan fingerprint density at radius 3 is 2.37 bits per heavy atom. The van der Waals surface area contributed by atoms with Crippen LogP contribution in [-0.4, -0.2) is 0 Å². The minimum Gasteiger partial charge on any atom is -0.486 e. The van der Waals surface area contributed by atoms with Crippen molar-refractivity contribution < 1.29 is 17.9 Å². The van der Waals surface area contributed by atoms with Gasteiger partial charge in [0.15, 0.2) is 23.2 Å². The zero-order valence-electron chi connectivity index (χ0n) is 9.66. The van der Waals surface area contributed by atoms with Gasteiger partial charge in [0, 0.05) is 0 Å². The second kappa shape index (κ2) is 5.44. The monoisotopic (exact) mass is 263 g/mol. The minimum absolute atomic E-state index is 0.0521. The van der Waals surface area contributed by atoms with Gasteiger partial charge in [-0.05, 0) is 35.9 Å². The molecule has 0 radical (unpaired) electrons. The van der Waals surface area contributed by atoms with Crippen LogP contribution in [0.25, 0.3) is 0 Å². The third-order valence-electron chi connectivity index (χ3n) is 2.44. The van der Waals surface area contributed by atoms with Crippen LogP contribution < -0.4 is 4.74 Å². The van der Waals surface area contributed by atoms with Crippen LogP contribution in [0, 0.1) is 28.8 Å². The summed E-state index contributed by atoms with van der Waals surface area (Å²) >= 11 is 0. The van der Waals surface area contributed by atoms with Crippen LogP contribution >= 0.6 is 0 Å². The maximum absolute atomic E-state index is 13.5. The molecule has 0 bridgehead atoms. The fourth-order valence-electron chi connectivity index (χ4n) is 1.48. The van der Waals surface area contributed by atoms with E-state index in [4.69, 9.17) is 10.00 Å². The number of benzene rings is 2. The van der Waals surface area contributed by atoms with Gasteiger partial charge in [-0.2, -0.15) is 5.26 Å². The summed E-state index contributed by atoms with van der Waals surface area (Å²) in [4.78, 5) is 0. The van der Waals surface area contributed by atoms with E-state index >= 15 is 0 Å². The first-order valence-electron chi connectivity index (χ1n) is 5.36. The fraction of sp³-hybridized carbons (Fsp3) is 0.0714. The molecular weight excluding hydrogens is 255 g/mol. The summed E-state index contributed by atoms with van der Waals surface area (Å²) in [6.07, 6.45) is 0. The summed E-state index contributed by atoms with van der Waals surface area (Å²) in [5, 5.41) is 8.58. The molecule has 0 amide bonds. The Bertz CT molecular complexity index is 650. The van der Waals surface area contributed by atoms with Gasteiger partial charge in [-0.15, -0.1) is 0 Å². The van der Waals surface area contributed by atoms with Gasteiger partial charge in [-0.25, -0.2) is 13.2 Å². The molecule has 0 aliphatic heterocycles. The highest BCUT2D eigenvalue weighted by atomic mass is 19.2. The van der Waals surface area contributed by atoms with Crippen molar-refractivity contribution in [3.8, 4) is 11.8 Å². The Kier molecular flexibility index (Phi) is 3.71. The van der Waals surface area contributed by atoms with Gasteiger partial charge in [0.25, 0.3) is 0 Å². The molecule has 0 aromatic heterocycles. The second-order valence-electron chi connectivity index (χ2n) is 3.79. The zero-order chi connectivity index (χ0) is 13.8. The number of ether oxygens (including phenoxy) is 1. The van der Waals surface area contributed by atoms with Crippen molar-refractivity contribution in [2.24, 2.45) is 0 Å². The van der Waals surface area contributed by atoms with Crippen molar-refractivity contribution in [3.05, 3.63) is 65.0 Å².